The number of nitrogens with zero attached hydrogens (tertiary/aromatic N) is 2. The second-order valence-corrected chi connectivity index (χ2v) is 4.57. The highest BCUT2D eigenvalue weighted by molar-refractivity contribution is 5.84. The summed E-state index contributed by atoms with van der Waals surface area (Å²) in [6.07, 6.45) is 0.724. The number of hydrogen-bond acceptors (Lipinski definition) is 3. The number of piperazine rings is 1. The number of aldehydes is 1. The van der Waals surface area contributed by atoms with E-state index in [1.807, 2.05) is 4.90 Å². The molecule has 4 heteroatoms. The van der Waals surface area contributed by atoms with Gasteiger partial charge in [-0.05, 0) is 26.1 Å². The fourth-order valence-electron chi connectivity index (χ4n) is 2.21. The summed E-state index contributed by atoms with van der Waals surface area (Å²) in [6, 6.07) is 5.00. The van der Waals surface area contributed by atoms with E-state index in [9.17, 15) is 9.18 Å². The predicted molar refractivity (Wildman–Crippen MR) is 66.1 cm³/mol. The SMILES string of the molecule is CC1CN(c2c(F)cccc2C=O)CCN1C. The highest BCUT2D eigenvalue weighted by Gasteiger charge is 2.24. The van der Waals surface area contributed by atoms with Gasteiger partial charge in [0.25, 0.3) is 0 Å². The maximum Gasteiger partial charge on any atom is 0.152 e. The van der Waals surface area contributed by atoms with Crippen molar-refractivity contribution in [2.45, 2.75) is 13.0 Å². The van der Waals surface area contributed by atoms with Crippen LogP contribution in [-0.4, -0.2) is 43.9 Å². The number of benzene rings is 1. The molecule has 1 aliphatic rings. The number of hydrogen-bond donors (Lipinski definition) is 0. The van der Waals surface area contributed by atoms with Gasteiger partial charge in [-0.1, -0.05) is 6.07 Å². The molecule has 2 rings (SSSR count). The number of carbonyl (C=O) groups is 1. The maximum atomic E-state index is 13.8. The third-order valence-corrected chi connectivity index (χ3v) is 3.42. The zero-order chi connectivity index (χ0) is 12.4. The van der Waals surface area contributed by atoms with Gasteiger partial charge < -0.3 is 9.80 Å². The van der Waals surface area contributed by atoms with Crippen LogP contribution in [0.15, 0.2) is 18.2 Å². The zero-order valence-corrected chi connectivity index (χ0v) is 10.2. The number of para-hydroxylation sites is 1. The van der Waals surface area contributed by atoms with E-state index in [0.29, 0.717) is 17.3 Å². The van der Waals surface area contributed by atoms with Crippen LogP contribution in [0.3, 0.4) is 0 Å². The smallest absolute Gasteiger partial charge is 0.152 e. The molecule has 0 bridgehead atoms. The standard InChI is InChI=1S/C13H17FN2O/c1-10-8-16(7-6-15(10)2)13-11(9-17)4-3-5-12(13)14/h3-5,9-10H,6-8H2,1-2H3. The lowest BCUT2D eigenvalue weighted by molar-refractivity contribution is 0.112. The summed E-state index contributed by atoms with van der Waals surface area (Å²) < 4.78 is 13.8. The second kappa shape index (κ2) is 4.84. The van der Waals surface area contributed by atoms with Crippen molar-refractivity contribution in [2.24, 2.45) is 0 Å². The topological polar surface area (TPSA) is 23.6 Å². The Labute approximate surface area is 101 Å². The molecule has 1 unspecified atom stereocenters. The van der Waals surface area contributed by atoms with Crippen LogP contribution in [0.2, 0.25) is 0 Å². The Balaban J connectivity index is 2.31. The Morgan fingerprint density at radius 1 is 1.41 bits per heavy atom. The number of anilines is 1. The lowest BCUT2D eigenvalue weighted by Gasteiger charge is -2.39. The average Bonchev–Trinajstić information content (AvgIpc) is 2.32. The molecule has 1 atom stereocenters. The van der Waals surface area contributed by atoms with E-state index in [4.69, 9.17) is 0 Å². The molecular formula is C13H17FN2O. The minimum absolute atomic E-state index is 0.314. The molecule has 1 saturated heterocycles. The fraction of sp³-hybridized carbons (Fsp3) is 0.462. The van der Waals surface area contributed by atoms with E-state index in [-0.39, 0.29) is 5.82 Å². The Morgan fingerprint density at radius 3 is 2.82 bits per heavy atom. The van der Waals surface area contributed by atoms with Gasteiger partial charge in [0.2, 0.25) is 0 Å². The average molecular weight is 236 g/mol. The largest absolute Gasteiger partial charge is 0.366 e. The van der Waals surface area contributed by atoms with Gasteiger partial charge in [0, 0.05) is 31.2 Å². The quantitative estimate of drug-likeness (QED) is 0.731. The molecule has 0 spiro atoms. The van der Waals surface area contributed by atoms with Crippen molar-refractivity contribution in [1.29, 1.82) is 0 Å². The predicted octanol–water partition coefficient (Wildman–Crippen LogP) is 1.78. The van der Waals surface area contributed by atoms with Gasteiger partial charge >= 0.3 is 0 Å². The van der Waals surface area contributed by atoms with Crippen LogP contribution in [0.5, 0.6) is 0 Å². The van der Waals surface area contributed by atoms with E-state index in [0.717, 1.165) is 25.9 Å². The highest BCUT2D eigenvalue weighted by atomic mass is 19.1. The maximum absolute atomic E-state index is 13.8. The Hall–Kier alpha value is -1.42. The normalized spacial score (nSPS) is 21.6. The Morgan fingerprint density at radius 2 is 2.18 bits per heavy atom. The van der Waals surface area contributed by atoms with E-state index in [1.54, 1.807) is 12.1 Å². The van der Waals surface area contributed by atoms with E-state index >= 15 is 0 Å². The first-order chi connectivity index (χ1) is 8.13. The van der Waals surface area contributed by atoms with Gasteiger partial charge in [-0.3, -0.25) is 4.79 Å². The molecule has 1 heterocycles. The van der Waals surface area contributed by atoms with Crippen molar-refractivity contribution in [3.63, 3.8) is 0 Å². The van der Waals surface area contributed by atoms with Gasteiger partial charge in [-0.15, -0.1) is 0 Å². The van der Waals surface area contributed by atoms with E-state index < -0.39 is 0 Å². The van der Waals surface area contributed by atoms with Crippen molar-refractivity contribution in [1.82, 2.24) is 4.90 Å². The monoisotopic (exact) mass is 236 g/mol. The lowest BCUT2D eigenvalue weighted by Crippen LogP contribution is -2.50. The number of halogens is 1. The lowest BCUT2D eigenvalue weighted by atomic mass is 10.1. The summed E-state index contributed by atoms with van der Waals surface area (Å²) in [4.78, 5) is 15.2. The molecule has 0 amide bonds. The molecule has 1 fully saturated rings. The van der Waals surface area contributed by atoms with Gasteiger partial charge in [0.1, 0.15) is 5.82 Å². The number of carbonyl (C=O) groups excluding carboxylic acids is 1. The van der Waals surface area contributed by atoms with Gasteiger partial charge in [0.05, 0.1) is 5.69 Å². The molecule has 0 aromatic heterocycles. The second-order valence-electron chi connectivity index (χ2n) is 4.57. The molecule has 0 saturated carbocycles. The molecule has 3 nitrogen and oxygen atoms in total. The van der Waals surface area contributed by atoms with E-state index in [1.165, 1.54) is 6.07 Å². The molecule has 0 radical (unpaired) electrons. The van der Waals surface area contributed by atoms with Crippen LogP contribution in [0.25, 0.3) is 0 Å². The third-order valence-electron chi connectivity index (χ3n) is 3.42. The third kappa shape index (κ3) is 2.31. The van der Waals surface area contributed by atoms with Crippen LogP contribution in [0.1, 0.15) is 17.3 Å². The Bertz CT molecular complexity index is 422. The molecule has 0 N–H and O–H groups in total. The number of likely N-dealkylation sites (N-methyl/N-ethyl adjacent to an activating group) is 1. The first-order valence-electron chi connectivity index (χ1n) is 5.82. The van der Waals surface area contributed by atoms with Crippen molar-refractivity contribution in [3.8, 4) is 0 Å². The fourth-order valence-corrected chi connectivity index (χ4v) is 2.21. The minimum atomic E-state index is -0.314. The van der Waals surface area contributed by atoms with Crippen LogP contribution in [0, 0.1) is 5.82 Å². The molecule has 0 aliphatic carbocycles. The van der Waals surface area contributed by atoms with Gasteiger partial charge in [-0.25, -0.2) is 4.39 Å². The molecule has 1 aliphatic heterocycles. The van der Waals surface area contributed by atoms with Crippen LogP contribution < -0.4 is 4.90 Å². The van der Waals surface area contributed by atoms with Crippen LogP contribution >= 0.6 is 0 Å². The summed E-state index contributed by atoms with van der Waals surface area (Å²) in [5, 5.41) is 0. The summed E-state index contributed by atoms with van der Waals surface area (Å²) >= 11 is 0. The van der Waals surface area contributed by atoms with Crippen molar-refractivity contribution in [2.75, 3.05) is 31.6 Å². The summed E-state index contributed by atoms with van der Waals surface area (Å²) in [5.74, 6) is -0.314. The van der Waals surface area contributed by atoms with Crippen LogP contribution in [0.4, 0.5) is 10.1 Å². The first kappa shape index (κ1) is 12.0. The van der Waals surface area contributed by atoms with Crippen LogP contribution in [-0.2, 0) is 0 Å². The molecule has 1 aromatic rings. The van der Waals surface area contributed by atoms with E-state index in [2.05, 4.69) is 18.9 Å². The van der Waals surface area contributed by atoms with Gasteiger partial charge in [-0.2, -0.15) is 0 Å². The Kier molecular flexibility index (Phi) is 3.43. The zero-order valence-electron chi connectivity index (χ0n) is 10.2. The molecule has 17 heavy (non-hydrogen) atoms. The van der Waals surface area contributed by atoms with Crippen molar-refractivity contribution >= 4 is 12.0 Å². The van der Waals surface area contributed by atoms with Gasteiger partial charge in [0.15, 0.2) is 6.29 Å². The number of rotatable bonds is 2. The summed E-state index contributed by atoms with van der Waals surface area (Å²) in [5.41, 5.74) is 0.879. The summed E-state index contributed by atoms with van der Waals surface area (Å²) in [7, 11) is 2.06. The highest BCUT2D eigenvalue weighted by Crippen LogP contribution is 2.25. The van der Waals surface area contributed by atoms with Crippen molar-refractivity contribution in [3.05, 3.63) is 29.6 Å². The molecule has 1 aromatic carbocycles. The minimum Gasteiger partial charge on any atom is -0.366 e. The molecular weight excluding hydrogens is 219 g/mol. The molecule has 92 valence electrons. The summed E-state index contributed by atoms with van der Waals surface area (Å²) in [6.45, 7) is 4.49. The first-order valence-corrected chi connectivity index (χ1v) is 5.82. The van der Waals surface area contributed by atoms with Crippen molar-refractivity contribution < 1.29 is 9.18 Å².